The number of nitrogens with zero attached hydrogens (tertiary/aromatic N) is 4. The van der Waals surface area contributed by atoms with Crippen molar-refractivity contribution >= 4 is 11.5 Å². The Labute approximate surface area is 239 Å². The fourth-order valence-electron chi connectivity index (χ4n) is 6.74. The van der Waals surface area contributed by atoms with Crippen LogP contribution in [0.1, 0.15) is 54.7 Å². The third-order valence-electron chi connectivity index (χ3n) is 8.68. The number of hydrogen-bond acceptors (Lipinski definition) is 9. The molecule has 42 heavy (non-hydrogen) atoms. The van der Waals surface area contributed by atoms with E-state index in [9.17, 15) is 22.7 Å². The van der Waals surface area contributed by atoms with Crippen molar-refractivity contribution in [3.63, 3.8) is 0 Å². The summed E-state index contributed by atoms with van der Waals surface area (Å²) in [5, 5.41) is 10.8. The number of β-amino-alcohol motifs (C(OH)–C–C–N with tert-alkyl or cyclic N) is 1. The summed E-state index contributed by atoms with van der Waals surface area (Å²) in [5.41, 5.74) is 2.54. The van der Waals surface area contributed by atoms with Gasteiger partial charge in [-0.2, -0.15) is 23.1 Å². The van der Waals surface area contributed by atoms with E-state index in [2.05, 4.69) is 14.9 Å². The highest BCUT2D eigenvalue weighted by molar-refractivity contribution is 5.53. The predicted octanol–water partition coefficient (Wildman–Crippen LogP) is 3.57. The molecule has 1 aromatic carbocycles. The lowest BCUT2D eigenvalue weighted by molar-refractivity contribution is -0.140. The van der Waals surface area contributed by atoms with Crippen LogP contribution in [0.5, 0.6) is 6.01 Å². The zero-order valence-corrected chi connectivity index (χ0v) is 23.2. The summed E-state index contributed by atoms with van der Waals surface area (Å²) < 4.78 is 88.7. The van der Waals surface area contributed by atoms with Crippen LogP contribution in [0.4, 0.5) is 33.5 Å². The molecule has 9 nitrogen and oxygen atoms in total. The van der Waals surface area contributed by atoms with Crippen molar-refractivity contribution in [3.8, 4) is 6.01 Å². The van der Waals surface area contributed by atoms with Crippen molar-refractivity contribution in [2.75, 3.05) is 56.6 Å². The third-order valence-corrected chi connectivity index (χ3v) is 8.68. The molecule has 3 fully saturated rings. The molecule has 0 bridgehead atoms. The Morgan fingerprint density at radius 2 is 2.05 bits per heavy atom. The normalized spacial score (nSPS) is 30.2. The Balaban J connectivity index is 1.37. The molecule has 0 saturated carbocycles. The van der Waals surface area contributed by atoms with Crippen molar-refractivity contribution in [1.82, 2.24) is 14.9 Å². The van der Waals surface area contributed by atoms with Crippen molar-refractivity contribution in [2.24, 2.45) is 0 Å². The minimum Gasteiger partial charge on any atom is -0.461 e. The van der Waals surface area contributed by atoms with E-state index in [1.807, 2.05) is 0 Å². The molecule has 2 unspecified atom stereocenters. The summed E-state index contributed by atoms with van der Waals surface area (Å²) in [6.45, 7) is 3.62. The maximum Gasteiger partial charge on any atom is 0.416 e. The molecule has 3 saturated heterocycles. The number of hydrogen-bond donors (Lipinski definition) is 2. The molecule has 1 aromatic heterocycles. The monoisotopic (exact) mass is 599 g/mol. The summed E-state index contributed by atoms with van der Waals surface area (Å²) in [4.78, 5) is 13.1. The minimum absolute atomic E-state index is 0.0261. The summed E-state index contributed by atoms with van der Waals surface area (Å²) in [6.07, 6.45) is -5.29. The van der Waals surface area contributed by atoms with Crippen LogP contribution in [-0.4, -0.2) is 83.3 Å². The number of halogens is 5. The van der Waals surface area contributed by atoms with Gasteiger partial charge >= 0.3 is 12.2 Å². The van der Waals surface area contributed by atoms with Gasteiger partial charge in [-0.1, -0.05) is 0 Å². The third kappa shape index (κ3) is 5.49. The molecule has 0 spiro atoms. The van der Waals surface area contributed by atoms with E-state index in [1.165, 1.54) is 0 Å². The standard InChI is InChI=1S/C28H34F5N5O4/c1-26(39)13-37(7-8-40-14-26)24-17-12-41-21(22-18(28(31,32)33)3-4-19(34)23(22)30)9-20(17)35-25(36-24)42-15-27-5-2-6-38(27)11-16(29)10-27/h3-4,16,21,39H,2,5-15,34H2,1H3/t16-,21?,26?,27+/m1/s1. The highest BCUT2D eigenvalue weighted by atomic mass is 19.4. The first-order valence-electron chi connectivity index (χ1n) is 14.1. The molecule has 4 aliphatic rings. The minimum atomic E-state index is -4.84. The van der Waals surface area contributed by atoms with E-state index in [4.69, 9.17) is 19.9 Å². The highest BCUT2D eigenvalue weighted by Gasteiger charge is 2.49. The van der Waals surface area contributed by atoms with Crippen molar-refractivity contribution < 1.29 is 41.3 Å². The van der Waals surface area contributed by atoms with Crippen molar-refractivity contribution in [3.05, 3.63) is 40.3 Å². The van der Waals surface area contributed by atoms with E-state index in [0.29, 0.717) is 43.2 Å². The van der Waals surface area contributed by atoms with Gasteiger partial charge < -0.3 is 30.0 Å². The summed E-state index contributed by atoms with van der Waals surface area (Å²) in [5.74, 6) is -0.800. The first kappa shape index (κ1) is 29.3. The lowest BCUT2D eigenvalue weighted by atomic mass is 9.93. The molecule has 3 N–H and O–H groups in total. The fourth-order valence-corrected chi connectivity index (χ4v) is 6.74. The fraction of sp³-hybridized carbons (Fsp3) is 0.643. The van der Waals surface area contributed by atoms with Gasteiger partial charge in [-0.15, -0.1) is 0 Å². The van der Waals surface area contributed by atoms with Gasteiger partial charge in [0.2, 0.25) is 0 Å². The van der Waals surface area contributed by atoms with Gasteiger partial charge in [-0.05, 0) is 38.4 Å². The van der Waals surface area contributed by atoms with Gasteiger partial charge in [0, 0.05) is 37.1 Å². The quantitative estimate of drug-likeness (QED) is 0.394. The number of aromatic nitrogens is 2. The second-order valence-electron chi connectivity index (χ2n) is 12.0. The number of rotatable bonds is 5. The van der Waals surface area contributed by atoms with E-state index in [1.54, 1.807) is 11.8 Å². The maximum absolute atomic E-state index is 15.1. The Bertz CT molecular complexity index is 1340. The molecule has 0 amide bonds. The van der Waals surface area contributed by atoms with Crippen LogP contribution in [0.25, 0.3) is 0 Å². The number of alkyl halides is 4. The summed E-state index contributed by atoms with van der Waals surface area (Å²) >= 11 is 0. The summed E-state index contributed by atoms with van der Waals surface area (Å²) in [6, 6.07) is 1.61. The lowest BCUT2D eigenvalue weighted by Gasteiger charge is -2.34. The van der Waals surface area contributed by atoms with Gasteiger partial charge in [0.1, 0.15) is 24.2 Å². The number of benzene rings is 1. The van der Waals surface area contributed by atoms with Crippen molar-refractivity contribution in [1.29, 1.82) is 0 Å². The predicted molar refractivity (Wildman–Crippen MR) is 141 cm³/mol. The second kappa shape index (κ2) is 10.7. The number of nitrogen functional groups attached to an aromatic ring is 1. The van der Waals surface area contributed by atoms with Crippen LogP contribution in [-0.2, 0) is 28.7 Å². The Hall–Kier alpha value is -2.81. The van der Waals surface area contributed by atoms with Crippen LogP contribution >= 0.6 is 0 Å². The molecule has 0 aliphatic carbocycles. The molecule has 230 valence electrons. The van der Waals surface area contributed by atoms with Crippen molar-refractivity contribution in [2.45, 2.75) is 68.8 Å². The van der Waals surface area contributed by atoms with Crippen LogP contribution in [0, 0.1) is 5.82 Å². The van der Waals surface area contributed by atoms with Crippen LogP contribution in [0.3, 0.4) is 0 Å². The molecule has 6 rings (SSSR count). The van der Waals surface area contributed by atoms with Gasteiger partial charge in [0.25, 0.3) is 0 Å². The Morgan fingerprint density at radius 1 is 1.24 bits per heavy atom. The van der Waals surface area contributed by atoms with Crippen LogP contribution < -0.4 is 15.4 Å². The average Bonchev–Trinajstić information content (AvgIpc) is 3.37. The van der Waals surface area contributed by atoms with Crippen LogP contribution in [0.2, 0.25) is 0 Å². The van der Waals surface area contributed by atoms with Gasteiger partial charge in [0.15, 0.2) is 5.82 Å². The lowest BCUT2D eigenvalue weighted by Crippen LogP contribution is -2.44. The van der Waals surface area contributed by atoms with E-state index in [-0.39, 0.29) is 38.8 Å². The molecular weight excluding hydrogens is 565 g/mol. The molecule has 5 heterocycles. The number of anilines is 2. The van der Waals surface area contributed by atoms with E-state index >= 15 is 4.39 Å². The average molecular weight is 600 g/mol. The van der Waals surface area contributed by atoms with E-state index < -0.39 is 52.2 Å². The van der Waals surface area contributed by atoms with E-state index in [0.717, 1.165) is 31.5 Å². The molecule has 4 aliphatic heterocycles. The highest BCUT2D eigenvalue weighted by Crippen LogP contribution is 2.44. The van der Waals surface area contributed by atoms with Crippen LogP contribution in [0.15, 0.2) is 12.1 Å². The molecule has 4 atom stereocenters. The summed E-state index contributed by atoms with van der Waals surface area (Å²) in [7, 11) is 0. The van der Waals surface area contributed by atoms with Gasteiger partial charge in [-0.3, -0.25) is 4.90 Å². The number of aliphatic hydroxyl groups is 1. The zero-order valence-electron chi connectivity index (χ0n) is 23.2. The SMILES string of the molecule is CC1(O)COCCN(c2nc(OC[C@@]34CCCN3C[C@H](F)C4)nc3c2COC(c2c(C(F)(F)F)ccc(N)c2F)C3)C1. The molecule has 0 radical (unpaired) electrons. The number of fused-ring (bicyclic) bond motifs is 2. The zero-order chi connectivity index (χ0) is 29.9. The topological polar surface area (TPSA) is 106 Å². The molecule has 14 heteroatoms. The maximum atomic E-state index is 15.1. The Kier molecular flexibility index (Phi) is 7.47. The smallest absolute Gasteiger partial charge is 0.416 e. The Morgan fingerprint density at radius 3 is 2.83 bits per heavy atom. The molecule has 2 aromatic rings. The first-order chi connectivity index (χ1) is 19.9. The first-order valence-corrected chi connectivity index (χ1v) is 14.1. The largest absolute Gasteiger partial charge is 0.461 e. The number of nitrogens with two attached hydrogens (primary N) is 1. The van der Waals surface area contributed by atoms with Gasteiger partial charge in [-0.25, -0.2) is 8.78 Å². The van der Waals surface area contributed by atoms with Gasteiger partial charge in [0.05, 0.1) is 55.0 Å². The second-order valence-corrected chi connectivity index (χ2v) is 12.0. The molecular formula is C28H34F5N5O4. The number of ether oxygens (including phenoxy) is 3.